The van der Waals surface area contributed by atoms with Crippen LogP contribution in [-0.4, -0.2) is 44.7 Å². The van der Waals surface area contributed by atoms with Gasteiger partial charge < -0.3 is 15.4 Å². The van der Waals surface area contributed by atoms with E-state index in [-0.39, 0.29) is 24.2 Å². The predicted molar refractivity (Wildman–Crippen MR) is 84.7 cm³/mol. The second-order valence-electron chi connectivity index (χ2n) is 5.13. The predicted octanol–water partition coefficient (Wildman–Crippen LogP) is 1.34. The van der Waals surface area contributed by atoms with E-state index in [9.17, 15) is 13.2 Å². The average Bonchev–Trinajstić information content (AvgIpc) is 2.72. The maximum absolute atomic E-state index is 11.8. The van der Waals surface area contributed by atoms with Gasteiger partial charge in [-0.25, -0.2) is 13.2 Å². The number of carbonyl (C=O) groups excluding carboxylic acids is 1. The molecule has 2 N–H and O–H groups in total. The summed E-state index contributed by atoms with van der Waals surface area (Å²) in [6.45, 7) is 2.36. The summed E-state index contributed by atoms with van der Waals surface area (Å²) >= 11 is 6.08. The van der Waals surface area contributed by atoms with E-state index in [4.69, 9.17) is 16.3 Å². The zero-order valence-electron chi connectivity index (χ0n) is 12.2. The molecule has 8 heteroatoms. The van der Waals surface area contributed by atoms with Crippen LogP contribution < -0.4 is 10.6 Å². The summed E-state index contributed by atoms with van der Waals surface area (Å²) in [5, 5.41) is 6.38. The number of hydrogen-bond acceptors (Lipinski definition) is 5. The fourth-order valence-corrected chi connectivity index (χ4v) is 4.50. The van der Waals surface area contributed by atoms with E-state index in [0.29, 0.717) is 11.6 Å². The minimum Gasteiger partial charge on any atom is -0.450 e. The van der Waals surface area contributed by atoms with Crippen molar-refractivity contribution in [3.8, 4) is 0 Å². The summed E-state index contributed by atoms with van der Waals surface area (Å²) < 4.78 is 28.4. The zero-order valence-corrected chi connectivity index (χ0v) is 13.8. The lowest BCUT2D eigenvalue weighted by atomic mass is 10.1. The molecule has 22 heavy (non-hydrogen) atoms. The van der Waals surface area contributed by atoms with E-state index < -0.39 is 22.0 Å². The van der Waals surface area contributed by atoms with E-state index in [1.807, 2.05) is 18.2 Å². The number of halogens is 1. The number of sulfone groups is 1. The van der Waals surface area contributed by atoms with Crippen molar-refractivity contribution in [3.05, 3.63) is 34.9 Å². The Balaban J connectivity index is 2.00. The first-order chi connectivity index (χ1) is 10.4. The first kappa shape index (κ1) is 17.1. The van der Waals surface area contributed by atoms with Crippen LogP contribution >= 0.6 is 11.6 Å². The number of rotatable bonds is 5. The van der Waals surface area contributed by atoms with Crippen molar-refractivity contribution < 1.29 is 17.9 Å². The number of nitrogens with one attached hydrogen (secondary N) is 2. The van der Waals surface area contributed by atoms with Gasteiger partial charge in [-0.1, -0.05) is 29.8 Å². The Morgan fingerprint density at radius 3 is 2.68 bits per heavy atom. The SMILES string of the molecule is CCOC(=O)N[C@H]1CS(=O)(=O)C[C@H]1NCc1ccccc1Cl. The lowest BCUT2D eigenvalue weighted by Crippen LogP contribution is -2.49. The van der Waals surface area contributed by atoms with Gasteiger partial charge in [0.2, 0.25) is 0 Å². The van der Waals surface area contributed by atoms with E-state index in [1.54, 1.807) is 13.0 Å². The van der Waals surface area contributed by atoms with Crippen LogP contribution in [0.25, 0.3) is 0 Å². The summed E-state index contributed by atoms with van der Waals surface area (Å²) in [5.41, 5.74) is 0.878. The molecule has 1 heterocycles. The highest BCUT2D eigenvalue weighted by Gasteiger charge is 2.38. The lowest BCUT2D eigenvalue weighted by Gasteiger charge is -2.20. The quantitative estimate of drug-likeness (QED) is 0.840. The lowest BCUT2D eigenvalue weighted by molar-refractivity contribution is 0.147. The van der Waals surface area contributed by atoms with Gasteiger partial charge in [0.15, 0.2) is 9.84 Å². The second-order valence-corrected chi connectivity index (χ2v) is 7.69. The monoisotopic (exact) mass is 346 g/mol. The summed E-state index contributed by atoms with van der Waals surface area (Å²) in [5.74, 6) is -0.111. The molecule has 1 aliphatic rings. The number of benzene rings is 1. The minimum absolute atomic E-state index is 0.0193. The molecule has 122 valence electrons. The molecule has 0 aromatic heterocycles. The average molecular weight is 347 g/mol. The van der Waals surface area contributed by atoms with Crippen molar-refractivity contribution >= 4 is 27.5 Å². The third-order valence-corrected chi connectivity index (χ3v) is 5.55. The van der Waals surface area contributed by atoms with Gasteiger partial charge >= 0.3 is 6.09 Å². The molecule has 0 radical (unpaired) electrons. The molecule has 0 unspecified atom stereocenters. The van der Waals surface area contributed by atoms with E-state index in [0.717, 1.165) is 5.56 Å². The molecule has 1 aromatic rings. The van der Waals surface area contributed by atoms with Crippen molar-refractivity contribution in [1.82, 2.24) is 10.6 Å². The molecule has 2 rings (SSSR count). The third-order valence-electron chi connectivity index (χ3n) is 3.44. The summed E-state index contributed by atoms with van der Waals surface area (Å²) in [7, 11) is -3.19. The first-order valence-corrected chi connectivity index (χ1v) is 9.21. The van der Waals surface area contributed by atoms with Crippen molar-refractivity contribution in [2.45, 2.75) is 25.6 Å². The smallest absolute Gasteiger partial charge is 0.407 e. The summed E-state index contributed by atoms with van der Waals surface area (Å²) in [6.07, 6.45) is -0.603. The number of carbonyl (C=O) groups is 1. The van der Waals surface area contributed by atoms with Gasteiger partial charge in [0.1, 0.15) is 0 Å². The molecule has 0 aliphatic carbocycles. The van der Waals surface area contributed by atoms with E-state index in [2.05, 4.69) is 10.6 Å². The molecule has 0 saturated carbocycles. The highest BCUT2D eigenvalue weighted by Crippen LogP contribution is 2.17. The Hall–Kier alpha value is -1.31. The van der Waals surface area contributed by atoms with Crippen LogP contribution in [0.3, 0.4) is 0 Å². The van der Waals surface area contributed by atoms with Crippen LogP contribution in [0.15, 0.2) is 24.3 Å². The minimum atomic E-state index is -3.19. The first-order valence-electron chi connectivity index (χ1n) is 7.02. The van der Waals surface area contributed by atoms with Crippen molar-refractivity contribution in [3.63, 3.8) is 0 Å². The van der Waals surface area contributed by atoms with Gasteiger partial charge in [-0.2, -0.15) is 0 Å². The number of hydrogen-bond donors (Lipinski definition) is 2. The van der Waals surface area contributed by atoms with Crippen LogP contribution in [-0.2, 0) is 21.1 Å². The van der Waals surface area contributed by atoms with Crippen LogP contribution in [0.5, 0.6) is 0 Å². The van der Waals surface area contributed by atoms with E-state index >= 15 is 0 Å². The molecule has 2 atom stereocenters. The van der Waals surface area contributed by atoms with Crippen molar-refractivity contribution in [1.29, 1.82) is 0 Å². The Morgan fingerprint density at radius 1 is 1.32 bits per heavy atom. The van der Waals surface area contributed by atoms with Gasteiger partial charge in [-0.15, -0.1) is 0 Å². The van der Waals surface area contributed by atoms with Crippen molar-refractivity contribution in [2.24, 2.45) is 0 Å². The van der Waals surface area contributed by atoms with Gasteiger partial charge in [0.05, 0.1) is 24.2 Å². The molecule has 1 fully saturated rings. The molecule has 0 spiro atoms. The molecule has 6 nitrogen and oxygen atoms in total. The summed E-state index contributed by atoms with van der Waals surface area (Å²) in [6, 6.07) is 6.46. The van der Waals surface area contributed by atoms with Crippen molar-refractivity contribution in [2.75, 3.05) is 18.1 Å². The Bertz CT molecular complexity index is 635. The van der Waals surface area contributed by atoms with Crippen LogP contribution in [0.1, 0.15) is 12.5 Å². The number of alkyl carbamates (subject to hydrolysis) is 1. The highest BCUT2D eigenvalue weighted by atomic mass is 35.5. The van der Waals surface area contributed by atoms with Crippen LogP contribution in [0.2, 0.25) is 5.02 Å². The molecular weight excluding hydrogens is 328 g/mol. The number of amides is 1. The van der Waals surface area contributed by atoms with Crippen LogP contribution in [0.4, 0.5) is 4.79 Å². The molecular formula is C14H19ClN2O4S. The van der Waals surface area contributed by atoms with Gasteiger partial charge in [0.25, 0.3) is 0 Å². The Kier molecular flexibility index (Phi) is 5.66. The van der Waals surface area contributed by atoms with E-state index in [1.165, 1.54) is 0 Å². The summed E-state index contributed by atoms with van der Waals surface area (Å²) in [4.78, 5) is 11.5. The third kappa shape index (κ3) is 4.59. The maximum atomic E-state index is 11.8. The topological polar surface area (TPSA) is 84.5 Å². The molecule has 1 aliphatic heterocycles. The Labute approximate surface area is 135 Å². The van der Waals surface area contributed by atoms with Gasteiger partial charge in [0, 0.05) is 17.6 Å². The van der Waals surface area contributed by atoms with Crippen LogP contribution in [0, 0.1) is 0 Å². The normalized spacial score (nSPS) is 23.2. The molecule has 1 aromatic carbocycles. The second kappa shape index (κ2) is 7.30. The fourth-order valence-electron chi connectivity index (χ4n) is 2.40. The maximum Gasteiger partial charge on any atom is 0.407 e. The zero-order chi connectivity index (χ0) is 16.2. The standard InChI is InChI=1S/C14H19ClN2O4S/c1-2-21-14(18)17-13-9-22(19,20)8-12(13)16-7-10-5-3-4-6-11(10)15/h3-6,12-13,16H,2,7-9H2,1H3,(H,17,18)/t12-,13+/m1/s1. The largest absolute Gasteiger partial charge is 0.450 e. The highest BCUT2D eigenvalue weighted by molar-refractivity contribution is 7.91. The fraction of sp³-hybridized carbons (Fsp3) is 0.500. The molecule has 0 bridgehead atoms. The van der Waals surface area contributed by atoms with Gasteiger partial charge in [-0.3, -0.25) is 0 Å². The molecule has 1 amide bonds. The number of ether oxygens (including phenoxy) is 1. The Morgan fingerprint density at radius 2 is 2.00 bits per heavy atom. The van der Waals surface area contributed by atoms with Gasteiger partial charge in [-0.05, 0) is 18.6 Å². The molecule has 1 saturated heterocycles.